The molecule has 4 aliphatic rings. The van der Waals surface area contributed by atoms with Gasteiger partial charge in [0.15, 0.2) is 0 Å². The Labute approximate surface area is 236 Å². The molecule has 39 heavy (non-hydrogen) atoms. The molecule has 1 saturated carbocycles. The van der Waals surface area contributed by atoms with Gasteiger partial charge in [-0.25, -0.2) is 9.59 Å². The number of esters is 2. The van der Waals surface area contributed by atoms with Crippen molar-refractivity contribution in [2.45, 2.75) is 118 Å². The number of hydrogen-bond donors (Lipinski definition) is 0. The van der Waals surface area contributed by atoms with E-state index in [1.165, 1.54) is 11.1 Å². The lowest BCUT2D eigenvalue weighted by Gasteiger charge is -2.39. The van der Waals surface area contributed by atoms with Crippen LogP contribution in [0.15, 0.2) is 58.7 Å². The molecule has 0 saturated heterocycles. The number of fused-ring (bicyclic) bond motifs is 2. The van der Waals surface area contributed by atoms with Crippen molar-refractivity contribution in [2.75, 3.05) is 0 Å². The van der Waals surface area contributed by atoms with Gasteiger partial charge in [0.1, 0.15) is 11.2 Å². The number of rotatable bonds is 10. The van der Waals surface area contributed by atoms with Gasteiger partial charge in [0, 0.05) is 11.8 Å². The lowest BCUT2D eigenvalue weighted by molar-refractivity contribution is -0.158. The first kappa shape index (κ1) is 29.6. The molecule has 6 unspecified atom stereocenters. The van der Waals surface area contributed by atoms with Gasteiger partial charge in [-0.3, -0.25) is 0 Å². The zero-order valence-corrected chi connectivity index (χ0v) is 25.6. The molecule has 2 bridgehead atoms. The van der Waals surface area contributed by atoms with Gasteiger partial charge >= 0.3 is 11.9 Å². The van der Waals surface area contributed by atoms with E-state index < -0.39 is 11.2 Å². The molecule has 4 aliphatic carbocycles. The van der Waals surface area contributed by atoms with Crippen LogP contribution in [-0.2, 0) is 19.1 Å². The second-order valence-electron chi connectivity index (χ2n) is 12.6. The average Bonchev–Trinajstić information content (AvgIpc) is 3.36. The van der Waals surface area contributed by atoms with Gasteiger partial charge in [-0.1, -0.05) is 79.7 Å². The largest absolute Gasteiger partial charge is 0.451 e. The van der Waals surface area contributed by atoms with E-state index in [-0.39, 0.29) is 41.0 Å². The molecule has 0 radical (unpaired) electrons. The van der Waals surface area contributed by atoms with Crippen LogP contribution in [-0.4, -0.2) is 23.1 Å². The minimum Gasteiger partial charge on any atom is -0.451 e. The van der Waals surface area contributed by atoms with Crippen LogP contribution in [0.3, 0.4) is 0 Å². The molecule has 4 heteroatoms. The smallest absolute Gasteiger partial charge is 0.335 e. The van der Waals surface area contributed by atoms with Gasteiger partial charge in [-0.05, 0) is 91.9 Å². The van der Waals surface area contributed by atoms with Crippen molar-refractivity contribution in [1.82, 2.24) is 0 Å². The summed E-state index contributed by atoms with van der Waals surface area (Å²) in [5, 5.41) is 0. The summed E-state index contributed by atoms with van der Waals surface area (Å²) in [5.74, 6) is -0.402. The molecule has 0 aromatic heterocycles. The zero-order valence-electron chi connectivity index (χ0n) is 25.6. The van der Waals surface area contributed by atoms with Gasteiger partial charge < -0.3 is 9.47 Å². The fourth-order valence-electron chi connectivity index (χ4n) is 7.92. The molecule has 0 amide bonds. The Morgan fingerprint density at radius 1 is 0.718 bits per heavy atom. The molecule has 214 valence electrons. The van der Waals surface area contributed by atoms with E-state index in [2.05, 4.69) is 91.8 Å². The topological polar surface area (TPSA) is 52.6 Å². The predicted octanol–water partition coefficient (Wildman–Crippen LogP) is 8.60. The van der Waals surface area contributed by atoms with Gasteiger partial charge in [-0.2, -0.15) is 0 Å². The third-order valence-electron chi connectivity index (χ3n) is 10.5. The fourth-order valence-corrected chi connectivity index (χ4v) is 7.92. The SMILES string of the molecule is CCC1=CC(CC)(OC(=O)C2=C(C(=O)OC3(CC)C=C(CC)C=CC3CC)C3CCC2C3(C)C)C(CC)C=C1. The normalized spacial score (nSPS) is 34.7. The highest BCUT2D eigenvalue weighted by Crippen LogP contribution is 2.61. The second-order valence-corrected chi connectivity index (χ2v) is 12.6. The quantitative estimate of drug-likeness (QED) is 0.263. The molecule has 0 N–H and O–H groups in total. The van der Waals surface area contributed by atoms with Crippen LogP contribution in [0.4, 0.5) is 0 Å². The molecule has 0 aromatic rings. The standard InChI is InChI=1S/C35H50O4/c1-9-23-15-17-25(11-3)34(13-5,21-23)38-31(36)29-27-19-20-28(33(27,7)8)30(29)32(37)39-35(14-6)22-24(10-2)16-18-26(35)12-4/h15-18,21-22,25-28H,9-14,19-20H2,1-8H3. The number of carbonyl (C=O) groups is 2. The van der Waals surface area contributed by atoms with E-state index in [4.69, 9.17) is 9.47 Å². The second kappa shape index (κ2) is 11.3. The van der Waals surface area contributed by atoms with Crippen molar-refractivity contribution in [1.29, 1.82) is 0 Å². The monoisotopic (exact) mass is 534 g/mol. The molecule has 6 atom stereocenters. The highest BCUT2D eigenvalue weighted by atomic mass is 16.6. The van der Waals surface area contributed by atoms with E-state index in [0.29, 0.717) is 24.0 Å². The molecule has 0 spiro atoms. The molecule has 0 heterocycles. The van der Waals surface area contributed by atoms with E-state index >= 15 is 0 Å². The summed E-state index contributed by atoms with van der Waals surface area (Å²) in [6.45, 7) is 17.1. The summed E-state index contributed by atoms with van der Waals surface area (Å²) in [4.78, 5) is 28.4. The molecule has 1 fully saturated rings. The maximum absolute atomic E-state index is 14.2. The van der Waals surface area contributed by atoms with Crippen LogP contribution in [0, 0.1) is 29.1 Å². The van der Waals surface area contributed by atoms with Gasteiger partial charge in [0.25, 0.3) is 0 Å². The highest BCUT2D eigenvalue weighted by Gasteiger charge is 2.58. The maximum Gasteiger partial charge on any atom is 0.335 e. The Morgan fingerprint density at radius 2 is 1.10 bits per heavy atom. The summed E-state index contributed by atoms with van der Waals surface area (Å²) in [7, 11) is 0. The molecular formula is C35H50O4. The first-order valence-electron chi connectivity index (χ1n) is 15.6. The van der Waals surface area contributed by atoms with E-state index in [9.17, 15) is 9.59 Å². The maximum atomic E-state index is 14.2. The number of carbonyl (C=O) groups excluding carboxylic acids is 2. The summed E-state index contributed by atoms with van der Waals surface area (Å²) in [6, 6.07) is 0. The molecule has 4 nitrogen and oxygen atoms in total. The Kier molecular flexibility index (Phi) is 8.55. The molecular weight excluding hydrogens is 484 g/mol. The third kappa shape index (κ3) is 4.91. The fraction of sp³-hybridized carbons (Fsp3) is 0.657. The summed E-state index contributed by atoms with van der Waals surface area (Å²) in [6.07, 6.45) is 19.8. The molecule has 0 aliphatic heterocycles. The third-order valence-corrected chi connectivity index (χ3v) is 10.5. The van der Waals surface area contributed by atoms with Crippen molar-refractivity contribution in [3.63, 3.8) is 0 Å². The average molecular weight is 535 g/mol. The van der Waals surface area contributed by atoms with Crippen molar-refractivity contribution >= 4 is 11.9 Å². The van der Waals surface area contributed by atoms with Crippen molar-refractivity contribution < 1.29 is 19.1 Å². The number of allylic oxidation sites excluding steroid dienone is 4. The Morgan fingerprint density at radius 3 is 1.41 bits per heavy atom. The first-order valence-corrected chi connectivity index (χ1v) is 15.6. The Hall–Kier alpha value is -2.36. The predicted molar refractivity (Wildman–Crippen MR) is 158 cm³/mol. The van der Waals surface area contributed by atoms with Gasteiger partial charge in [-0.15, -0.1) is 0 Å². The molecule has 0 aromatic carbocycles. The van der Waals surface area contributed by atoms with Gasteiger partial charge in [0.2, 0.25) is 0 Å². The van der Waals surface area contributed by atoms with E-state index in [1.54, 1.807) is 0 Å². The minimum absolute atomic E-state index is 0.00726. The van der Waals surface area contributed by atoms with Crippen LogP contribution >= 0.6 is 0 Å². The lowest BCUT2D eigenvalue weighted by atomic mass is 9.77. The highest BCUT2D eigenvalue weighted by molar-refractivity contribution is 6.03. The van der Waals surface area contributed by atoms with E-state index in [0.717, 1.165) is 38.5 Å². The van der Waals surface area contributed by atoms with Crippen molar-refractivity contribution in [3.05, 3.63) is 58.7 Å². The number of ether oxygens (including phenoxy) is 2. The first-order chi connectivity index (χ1) is 18.6. The minimum atomic E-state index is -0.690. The zero-order chi connectivity index (χ0) is 28.6. The van der Waals surface area contributed by atoms with Crippen molar-refractivity contribution in [2.24, 2.45) is 29.1 Å². The van der Waals surface area contributed by atoms with Crippen LogP contribution in [0.25, 0.3) is 0 Å². The molecule has 4 rings (SSSR count). The summed E-state index contributed by atoms with van der Waals surface area (Å²) in [5.41, 5.74) is 1.98. The lowest BCUT2D eigenvalue weighted by Crippen LogP contribution is -2.43. The van der Waals surface area contributed by atoms with Crippen molar-refractivity contribution in [3.8, 4) is 0 Å². The van der Waals surface area contributed by atoms with Gasteiger partial charge in [0.05, 0.1) is 11.1 Å². The summed E-state index contributed by atoms with van der Waals surface area (Å²) < 4.78 is 13.1. The van der Waals surface area contributed by atoms with Crippen LogP contribution in [0.2, 0.25) is 0 Å². The Bertz CT molecular complexity index is 1050. The Balaban J connectivity index is 1.74. The van der Waals surface area contributed by atoms with Crippen LogP contribution in [0.5, 0.6) is 0 Å². The van der Waals surface area contributed by atoms with E-state index in [1.807, 2.05) is 0 Å². The summed E-state index contributed by atoms with van der Waals surface area (Å²) >= 11 is 0. The van der Waals surface area contributed by atoms with Crippen LogP contribution in [0.1, 0.15) is 107 Å². The number of hydrogen-bond acceptors (Lipinski definition) is 4. The van der Waals surface area contributed by atoms with Crippen LogP contribution < -0.4 is 0 Å².